The van der Waals surface area contributed by atoms with E-state index in [2.05, 4.69) is 26.7 Å². The van der Waals surface area contributed by atoms with Crippen molar-refractivity contribution >= 4 is 11.8 Å². The normalized spacial score (nSPS) is 24.5. The van der Waals surface area contributed by atoms with Gasteiger partial charge in [0.05, 0.1) is 0 Å². The van der Waals surface area contributed by atoms with Crippen molar-refractivity contribution in [2.45, 2.75) is 44.7 Å². The largest absolute Gasteiger partial charge is 0.363 e. The zero-order valence-corrected chi connectivity index (χ0v) is 13.5. The number of anilines is 2. The zero-order chi connectivity index (χ0) is 14.8. The molecule has 1 unspecified atom stereocenters. The molecule has 1 atom stereocenters. The molecule has 3 heterocycles. The maximum atomic E-state index is 4.66. The summed E-state index contributed by atoms with van der Waals surface area (Å²) < 4.78 is 0. The second-order valence-electron chi connectivity index (χ2n) is 6.56. The maximum Gasteiger partial charge on any atom is 0.227 e. The van der Waals surface area contributed by atoms with Gasteiger partial charge in [0, 0.05) is 45.5 Å². The summed E-state index contributed by atoms with van der Waals surface area (Å²) in [5.41, 5.74) is 0. The predicted molar refractivity (Wildman–Crippen MR) is 87.0 cm³/mol. The van der Waals surface area contributed by atoms with Crippen molar-refractivity contribution in [1.82, 2.24) is 14.9 Å². The first-order valence-corrected chi connectivity index (χ1v) is 8.16. The summed E-state index contributed by atoms with van der Waals surface area (Å²) in [7, 11) is 4.04. The highest BCUT2D eigenvalue weighted by Crippen LogP contribution is 2.27. The highest BCUT2D eigenvalue weighted by Gasteiger charge is 2.31. The smallest absolute Gasteiger partial charge is 0.227 e. The molecule has 0 spiro atoms. The average molecular weight is 289 g/mol. The molecule has 2 saturated heterocycles. The van der Waals surface area contributed by atoms with E-state index in [9.17, 15) is 0 Å². The molecular weight excluding hydrogens is 262 g/mol. The Balaban J connectivity index is 1.61. The molecule has 0 radical (unpaired) electrons. The second kappa shape index (κ2) is 6.18. The van der Waals surface area contributed by atoms with Crippen LogP contribution < -0.4 is 9.80 Å². The van der Waals surface area contributed by atoms with Gasteiger partial charge < -0.3 is 9.80 Å². The van der Waals surface area contributed by atoms with Crippen molar-refractivity contribution in [3.05, 3.63) is 12.3 Å². The lowest BCUT2D eigenvalue weighted by Crippen LogP contribution is -2.46. The van der Waals surface area contributed by atoms with E-state index in [0.29, 0.717) is 0 Å². The first-order valence-electron chi connectivity index (χ1n) is 8.16. The van der Waals surface area contributed by atoms with Crippen LogP contribution in [0.1, 0.15) is 32.6 Å². The number of hydrogen-bond donors (Lipinski definition) is 0. The van der Waals surface area contributed by atoms with Crippen molar-refractivity contribution in [2.24, 2.45) is 0 Å². The van der Waals surface area contributed by atoms with Gasteiger partial charge in [-0.1, -0.05) is 0 Å². The molecule has 0 saturated carbocycles. The van der Waals surface area contributed by atoms with Crippen LogP contribution in [-0.4, -0.2) is 60.7 Å². The van der Waals surface area contributed by atoms with Gasteiger partial charge in [0.25, 0.3) is 0 Å². The fraction of sp³-hybridized carbons (Fsp3) is 0.750. The molecule has 1 aromatic rings. The molecule has 0 N–H and O–H groups in total. The van der Waals surface area contributed by atoms with Gasteiger partial charge in [0.2, 0.25) is 5.95 Å². The fourth-order valence-electron chi connectivity index (χ4n) is 3.64. The fourth-order valence-corrected chi connectivity index (χ4v) is 3.64. The molecule has 2 aliphatic rings. The molecule has 0 bridgehead atoms. The molecule has 0 aromatic carbocycles. The number of aromatic nitrogens is 2. The van der Waals surface area contributed by atoms with Gasteiger partial charge in [0.15, 0.2) is 0 Å². The highest BCUT2D eigenvalue weighted by molar-refractivity contribution is 5.42. The Hall–Kier alpha value is -1.36. The number of piperidine rings is 1. The number of rotatable bonds is 3. The molecule has 5 nitrogen and oxygen atoms in total. The molecular formula is C16H27N5. The summed E-state index contributed by atoms with van der Waals surface area (Å²) in [6, 6.07) is 3.49. The van der Waals surface area contributed by atoms with Crippen LogP contribution in [0.2, 0.25) is 0 Å². The molecule has 21 heavy (non-hydrogen) atoms. The van der Waals surface area contributed by atoms with E-state index in [1.807, 2.05) is 31.3 Å². The lowest BCUT2D eigenvalue weighted by molar-refractivity contribution is 0.163. The lowest BCUT2D eigenvalue weighted by atomic mass is 10.0. The van der Waals surface area contributed by atoms with E-state index in [-0.39, 0.29) is 0 Å². The van der Waals surface area contributed by atoms with Crippen LogP contribution >= 0.6 is 0 Å². The number of nitrogens with zero attached hydrogens (tertiary/aromatic N) is 5. The predicted octanol–water partition coefficient (Wildman–Crippen LogP) is 2.00. The minimum atomic E-state index is 0.760. The van der Waals surface area contributed by atoms with Crippen LogP contribution in [-0.2, 0) is 0 Å². The SMILES string of the molecule is CC1CCCN1C1CCN(c2nccc(N(C)C)n2)CC1. The first kappa shape index (κ1) is 14.6. The molecule has 116 valence electrons. The maximum absolute atomic E-state index is 4.66. The lowest BCUT2D eigenvalue weighted by Gasteiger charge is -2.38. The molecule has 0 aliphatic carbocycles. The molecule has 1 aromatic heterocycles. The van der Waals surface area contributed by atoms with Crippen LogP contribution in [0.4, 0.5) is 11.8 Å². The highest BCUT2D eigenvalue weighted by atomic mass is 15.3. The Labute approximate surface area is 128 Å². The standard InChI is InChI=1S/C16H27N5/c1-13-5-4-10-21(13)14-7-11-20(12-8-14)16-17-9-6-15(18-16)19(2)3/h6,9,13-14H,4-5,7-8,10-12H2,1-3H3. The van der Waals surface area contributed by atoms with Gasteiger partial charge in [-0.25, -0.2) is 4.98 Å². The monoisotopic (exact) mass is 289 g/mol. The van der Waals surface area contributed by atoms with E-state index in [1.165, 1.54) is 32.2 Å². The summed E-state index contributed by atoms with van der Waals surface area (Å²) in [5.74, 6) is 1.87. The van der Waals surface area contributed by atoms with Crippen LogP contribution in [0.5, 0.6) is 0 Å². The summed E-state index contributed by atoms with van der Waals surface area (Å²) in [4.78, 5) is 16.2. The van der Waals surface area contributed by atoms with Crippen LogP contribution in [0.15, 0.2) is 12.3 Å². The minimum absolute atomic E-state index is 0.760. The van der Waals surface area contributed by atoms with E-state index in [1.54, 1.807) is 0 Å². The quantitative estimate of drug-likeness (QED) is 0.850. The second-order valence-corrected chi connectivity index (χ2v) is 6.56. The Morgan fingerprint density at radius 1 is 1.14 bits per heavy atom. The third-order valence-electron chi connectivity index (χ3n) is 4.91. The average Bonchev–Trinajstić information content (AvgIpc) is 2.94. The van der Waals surface area contributed by atoms with Gasteiger partial charge in [-0.3, -0.25) is 4.90 Å². The van der Waals surface area contributed by atoms with Crippen LogP contribution in [0, 0.1) is 0 Å². The van der Waals surface area contributed by atoms with Crippen molar-refractivity contribution in [3.8, 4) is 0 Å². The number of hydrogen-bond acceptors (Lipinski definition) is 5. The van der Waals surface area contributed by atoms with Gasteiger partial charge in [-0.15, -0.1) is 0 Å². The van der Waals surface area contributed by atoms with Gasteiger partial charge >= 0.3 is 0 Å². The van der Waals surface area contributed by atoms with Crippen LogP contribution in [0.25, 0.3) is 0 Å². The van der Waals surface area contributed by atoms with Crippen LogP contribution in [0.3, 0.4) is 0 Å². The Morgan fingerprint density at radius 2 is 1.90 bits per heavy atom. The summed E-state index contributed by atoms with van der Waals surface area (Å²) >= 11 is 0. The zero-order valence-electron chi connectivity index (χ0n) is 13.5. The molecule has 2 aliphatic heterocycles. The Morgan fingerprint density at radius 3 is 2.52 bits per heavy atom. The third kappa shape index (κ3) is 3.12. The Bertz CT molecular complexity index is 467. The van der Waals surface area contributed by atoms with E-state index >= 15 is 0 Å². The Kier molecular flexibility index (Phi) is 4.29. The van der Waals surface area contributed by atoms with E-state index in [4.69, 9.17) is 0 Å². The molecule has 3 rings (SSSR count). The van der Waals surface area contributed by atoms with Gasteiger partial charge in [-0.2, -0.15) is 4.98 Å². The third-order valence-corrected chi connectivity index (χ3v) is 4.91. The summed E-state index contributed by atoms with van der Waals surface area (Å²) in [6.45, 7) is 5.82. The first-order chi connectivity index (χ1) is 10.1. The van der Waals surface area contributed by atoms with Gasteiger partial charge in [-0.05, 0) is 45.2 Å². The molecule has 2 fully saturated rings. The minimum Gasteiger partial charge on any atom is -0.363 e. The molecule has 5 heteroatoms. The topological polar surface area (TPSA) is 35.5 Å². The van der Waals surface area contributed by atoms with E-state index < -0.39 is 0 Å². The van der Waals surface area contributed by atoms with Crippen molar-refractivity contribution in [3.63, 3.8) is 0 Å². The number of likely N-dealkylation sites (tertiary alicyclic amines) is 1. The van der Waals surface area contributed by atoms with Crippen molar-refractivity contribution in [1.29, 1.82) is 0 Å². The van der Waals surface area contributed by atoms with Crippen molar-refractivity contribution in [2.75, 3.05) is 43.5 Å². The summed E-state index contributed by atoms with van der Waals surface area (Å²) in [6.07, 6.45) is 7.08. The van der Waals surface area contributed by atoms with Gasteiger partial charge in [0.1, 0.15) is 5.82 Å². The van der Waals surface area contributed by atoms with E-state index in [0.717, 1.165) is 36.9 Å². The molecule has 0 amide bonds. The summed E-state index contributed by atoms with van der Waals surface area (Å²) in [5, 5.41) is 0. The van der Waals surface area contributed by atoms with Crippen molar-refractivity contribution < 1.29 is 0 Å².